The minimum Gasteiger partial charge on any atom is -0.488 e. The lowest BCUT2D eigenvalue weighted by atomic mass is 10.1. The van der Waals surface area contributed by atoms with E-state index in [2.05, 4.69) is 10.3 Å². The van der Waals surface area contributed by atoms with Crippen LogP contribution in [0.3, 0.4) is 0 Å². The zero-order valence-electron chi connectivity index (χ0n) is 17.6. The quantitative estimate of drug-likeness (QED) is 0.394. The van der Waals surface area contributed by atoms with Gasteiger partial charge in [0.15, 0.2) is 0 Å². The molecule has 0 spiro atoms. The Labute approximate surface area is 196 Å². The van der Waals surface area contributed by atoms with Crippen molar-refractivity contribution in [3.05, 3.63) is 82.9 Å². The fourth-order valence-corrected chi connectivity index (χ4v) is 4.39. The summed E-state index contributed by atoms with van der Waals surface area (Å²) in [6.45, 7) is -0.171. The Balaban J connectivity index is 1.57. The van der Waals surface area contributed by atoms with Crippen LogP contribution in [0.5, 0.6) is 5.75 Å². The topological polar surface area (TPSA) is 94.3 Å². The van der Waals surface area contributed by atoms with Gasteiger partial charge in [0.25, 0.3) is 5.91 Å². The predicted octanol–water partition coefficient (Wildman–Crippen LogP) is 4.78. The molecule has 0 unspecified atom stereocenters. The third kappa shape index (κ3) is 5.34. The van der Waals surface area contributed by atoms with Crippen molar-refractivity contribution >= 4 is 33.2 Å². The number of nitrogens with one attached hydrogen (secondary N) is 1. The van der Waals surface area contributed by atoms with E-state index in [0.29, 0.717) is 11.3 Å². The summed E-state index contributed by atoms with van der Waals surface area (Å²) in [5.74, 6) is -0.967. The molecule has 0 aliphatic carbocycles. The molecule has 0 bridgehead atoms. The van der Waals surface area contributed by atoms with Gasteiger partial charge in [-0.1, -0.05) is 24.3 Å². The second kappa shape index (κ2) is 9.52. The largest absolute Gasteiger partial charge is 0.488 e. The average Bonchev–Trinajstić information content (AvgIpc) is 3.24. The van der Waals surface area contributed by atoms with Crippen molar-refractivity contribution in [1.82, 2.24) is 10.3 Å². The van der Waals surface area contributed by atoms with Crippen LogP contribution in [-0.2, 0) is 17.6 Å². The second-order valence-corrected chi connectivity index (χ2v) is 8.47. The number of carbonyl (C=O) groups excluding carboxylic acids is 2. The number of nitrogens with two attached hydrogens (primary N) is 1. The number of primary amides is 1. The Morgan fingerprint density at radius 2 is 1.85 bits per heavy atom. The maximum Gasteiger partial charge on any atom is 0.416 e. The molecule has 10 heteroatoms. The van der Waals surface area contributed by atoms with Crippen molar-refractivity contribution in [1.29, 1.82) is 0 Å². The Morgan fingerprint density at radius 3 is 2.62 bits per heavy atom. The number of carbonyl (C=O) groups is 2. The van der Waals surface area contributed by atoms with Gasteiger partial charge in [-0.3, -0.25) is 14.6 Å². The molecule has 0 saturated carbocycles. The predicted molar refractivity (Wildman–Crippen MR) is 122 cm³/mol. The second-order valence-electron chi connectivity index (χ2n) is 7.33. The van der Waals surface area contributed by atoms with E-state index in [1.54, 1.807) is 6.07 Å². The van der Waals surface area contributed by atoms with Gasteiger partial charge in [0.1, 0.15) is 12.4 Å². The highest BCUT2D eigenvalue weighted by Crippen LogP contribution is 2.35. The lowest BCUT2D eigenvalue weighted by molar-refractivity contribution is -0.137. The molecule has 34 heavy (non-hydrogen) atoms. The Kier molecular flexibility index (Phi) is 6.51. The number of fused-ring (bicyclic) bond motifs is 1. The molecule has 174 valence electrons. The molecule has 0 saturated heterocycles. The number of halogens is 3. The van der Waals surface area contributed by atoms with Crippen LogP contribution in [0.1, 0.15) is 20.8 Å². The molecule has 2 amide bonds. The van der Waals surface area contributed by atoms with Gasteiger partial charge >= 0.3 is 6.18 Å². The van der Waals surface area contributed by atoms with Gasteiger partial charge in [-0.2, -0.15) is 13.2 Å². The van der Waals surface area contributed by atoms with Crippen LogP contribution in [0.4, 0.5) is 13.2 Å². The van der Waals surface area contributed by atoms with Crippen molar-refractivity contribution in [2.45, 2.75) is 12.8 Å². The molecular formula is C24H18F3N3O3S. The number of amides is 2. The average molecular weight is 485 g/mol. The van der Waals surface area contributed by atoms with Crippen LogP contribution in [0.25, 0.3) is 21.3 Å². The summed E-state index contributed by atoms with van der Waals surface area (Å²) in [7, 11) is 0. The van der Waals surface area contributed by atoms with Gasteiger partial charge in [0, 0.05) is 26.9 Å². The van der Waals surface area contributed by atoms with Gasteiger partial charge in [-0.25, -0.2) is 0 Å². The van der Waals surface area contributed by atoms with E-state index in [1.165, 1.54) is 35.7 Å². The maximum atomic E-state index is 12.9. The number of pyridine rings is 1. The highest BCUT2D eigenvalue weighted by atomic mass is 32.1. The minimum absolute atomic E-state index is 0.100. The smallest absolute Gasteiger partial charge is 0.416 e. The summed E-state index contributed by atoms with van der Waals surface area (Å²) in [6.07, 6.45) is -2.94. The van der Waals surface area contributed by atoms with Crippen molar-refractivity contribution in [2.75, 3.05) is 6.54 Å². The van der Waals surface area contributed by atoms with Gasteiger partial charge in [0.2, 0.25) is 5.91 Å². The van der Waals surface area contributed by atoms with Gasteiger partial charge in [-0.15, -0.1) is 11.3 Å². The van der Waals surface area contributed by atoms with Crippen LogP contribution in [0.2, 0.25) is 0 Å². The summed E-state index contributed by atoms with van der Waals surface area (Å²) in [5, 5.41) is 3.35. The first kappa shape index (κ1) is 23.2. The van der Waals surface area contributed by atoms with Crippen LogP contribution in [0.15, 0.2) is 66.9 Å². The lowest BCUT2D eigenvalue weighted by Gasteiger charge is -2.09. The number of alkyl halides is 3. The van der Waals surface area contributed by atoms with Gasteiger partial charge < -0.3 is 15.8 Å². The van der Waals surface area contributed by atoms with E-state index >= 15 is 0 Å². The molecule has 6 nitrogen and oxygen atoms in total. The lowest BCUT2D eigenvalue weighted by Crippen LogP contribution is -2.33. The Hall–Kier alpha value is -3.92. The van der Waals surface area contributed by atoms with Gasteiger partial charge in [0.05, 0.1) is 17.8 Å². The summed E-state index contributed by atoms with van der Waals surface area (Å²) < 4.78 is 45.3. The monoisotopic (exact) mass is 485 g/mol. The first-order valence-electron chi connectivity index (χ1n) is 10.0. The molecule has 3 N–H and O–H groups in total. The highest BCUT2D eigenvalue weighted by Gasteiger charge is 2.30. The molecule has 4 rings (SSSR count). The number of rotatable bonds is 7. The van der Waals surface area contributed by atoms with Crippen molar-refractivity contribution < 1.29 is 27.5 Å². The summed E-state index contributed by atoms with van der Waals surface area (Å²) in [4.78, 5) is 28.4. The summed E-state index contributed by atoms with van der Waals surface area (Å²) in [5.41, 5.74) is 5.97. The van der Waals surface area contributed by atoms with E-state index in [9.17, 15) is 22.8 Å². The number of hydrogen-bond donors (Lipinski definition) is 2. The van der Waals surface area contributed by atoms with Crippen LogP contribution in [0, 0.1) is 0 Å². The summed E-state index contributed by atoms with van der Waals surface area (Å²) in [6, 6.07) is 15.4. The van der Waals surface area contributed by atoms with Gasteiger partial charge in [-0.05, 0) is 41.8 Å². The number of aromatic nitrogens is 1. The molecule has 2 heterocycles. The number of ether oxygens (including phenoxy) is 1. The Morgan fingerprint density at radius 1 is 1.06 bits per heavy atom. The van der Waals surface area contributed by atoms with Crippen LogP contribution in [-0.4, -0.2) is 23.3 Å². The zero-order valence-corrected chi connectivity index (χ0v) is 18.4. The number of benzene rings is 2. The summed E-state index contributed by atoms with van der Waals surface area (Å²) >= 11 is 1.43. The molecule has 0 aliphatic rings. The molecule has 4 aromatic rings. The molecule has 0 atom stereocenters. The van der Waals surface area contributed by atoms with E-state index in [4.69, 9.17) is 10.5 Å². The number of hydrogen-bond acceptors (Lipinski definition) is 5. The SMILES string of the molecule is NC(=O)CNC(=O)c1ccnc(-c2cccc3cc(COc4cccc(C(F)(F)F)c4)sc23)c1. The van der Waals surface area contributed by atoms with E-state index in [-0.39, 0.29) is 18.9 Å². The van der Waals surface area contributed by atoms with E-state index in [1.807, 2.05) is 24.3 Å². The number of thiophene rings is 1. The highest BCUT2D eigenvalue weighted by molar-refractivity contribution is 7.19. The maximum absolute atomic E-state index is 12.9. The van der Waals surface area contributed by atoms with Crippen molar-refractivity contribution in [2.24, 2.45) is 5.73 Å². The molecule has 2 aromatic carbocycles. The van der Waals surface area contributed by atoms with Crippen molar-refractivity contribution in [3.8, 4) is 17.0 Å². The molecule has 0 aliphatic heterocycles. The first-order valence-corrected chi connectivity index (χ1v) is 10.9. The van der Waals surface area contributed by atoms with E-state index in [0.717, 1.165) is 32.7 Å². The zero-order chi connectivity index (χ0) is 24.3. The van der Waals surface area contributed by atoms with Crippen molar-refractivity contribution in [3.63, 3.8) is 0 Å². The molecule has 0 radical (unpaired) electrons. The third-order valence-electron chi connectivity index (χ3n) is 4.86. The fourth-order valence-electron chi connectivity index (χ4n) is 3.29. The standard InChI is InChI=1S/C24H18F3N3O3S/c25-24(26,27)16-4-2-5-17(11-16)33-13-18-9-14-3-1-6-19(22(14)34-18)20-10-15(7-8-29-20)23(32)30-12-21(28)31/h1-11H,12-13H2,(H2,28,31)(H,30,32). The fraction of sp³-hybridized carbons (Fsp3) is 0.125. The molecule has 0 fully saturated rings. The Bertz CT molecular complexity index is 1370. The minimum atomic E-state index is -4.44. The van der Waals surface area contributed by atoms with E-state index < -0.39 is 23.6 Å². The normalized spacial score (nSPS) is 11.4. The molecular weight excluding hydrogens is 467 g/mol. The molecule has 2 aromatic heterocycles. The van der Waals surface area contributed by atoms with Crippen LogP contribution < -0.4 is 15.8 Å². The van der Waals surface area contributed by atoms with Crippen LogP contribution >= 0.6 is 11.3 Å². The number of nitrogens with zero attached hydrogens (tertiary/aromatic N) is 1. The third-order valence-corrected chi connectivity index (χ3v) is 6.02. The first-order chi connectivity index (χ1) is 16.2.